The van der Waals surface area contributed by atoms with Crippen molar-refractivity contribution in [2.24, 2.45) is 0 Å². The van der Waals surface area contributed by atoms with Gasteiger partial charge in [0.1, 0.15) is 6.61 Å². The van der Waals surface area contributed by atoms with Gasteiger partial charge in [0.2, 0.25) is 5.91 Å². The highest BCUT2D eigenvalue weighted by Crippen LogP contribution is 2.36. The van der Waals surface area contributed by atoms with Crippen LogP contribution in [-0.2, 0) is 20.8 Å². The minimum Gasteiger partial charge on any atom is -0.372 e. The van der Waals surface area contributed by atoms with Crippen LogP contribution in [0, 0.1) is 6.92 Å². The van der Waals surface area contributed by atoms with Gasteiger partial charge in [0.25, 0.3) is 0 Å². The number of nitrogens with zero attached hydrogens (tertiary/aromatic N) is 2. The SMILES string of the molecule is Cc1ccsc1CN1CC2(C[C@H](OCC(=O)N3CCCC3)CCO2)C1. The maximum absolute atomic E-state index is 12.2. The molecule has 3 aliphatic rings. The fourth-order valence-corrected chi connectivity index (χ4v) is 5.19. The van der Waals surface area contributed by atoms with Crippen LogP contribution in [0.5, 0.6) is 0 Å². The summed E-state index contributed by atoms with van der Waals surface area (Å²) in [5, 5.41) is 2.17. The van der Waals surface area contributed by atoms with Crippen LogP contribution in [0.4, 0.5) is 0 Å². The van der Waals surface area contributed by atoms with Crippen molar-refractivity contribution in [1.82, 2.24) is 9.80 Å². The zero-order valence-corrected chi connectivity index (χ0v) is 15.9. The molecule has 1 aromatic heterocycles. The van der Waals surface area contributed by atoms with Gasteiger partial charge in [0.05, 0.1) is 11.7 Å². The molecule has 138 valence electrons. The molecule has 6 heteroatoms. The molecule has 0 radical (unpaired) electrons. The second kappa shape index (κ2) is 7.35. The summed E-state index contributed by atoms with van der Waals surface area (Å²) < 4.78 is 12.1. The number of likely N-dealkylation sites (tertiary alicyclic amines) is 2. The average Bonchev–Trinajstić information content (AvgIpc) is 3.24. The first-order chi connectivity index (χ1) is 12.1. The van der Waals surface area contributed by atoms with Gasteiger partial charge in [0.15, 0.2) is 0 Å². The number of aryl methyl sites for hydroxylation is 1. The van der Waals surface area contributed by atoms with E-state index in [0.717, 1.165) is 65.0 Å². The molecule has 5 nitrogen and oxygen atoms in total. The Morgan fingerprint density at radius 1 is 1.40 bits per heavy atom. The van der Waals surface area contributed by atoms with Crippen molar-refractivity contribution in [2.75, 3.05) is 39.4 Å². The third kappa shape index (κ3) is 3.92. The largest absolute Gasteiger partial charge is 0.372 e. The minimum absolute atomic E-state index is 0.0508. The smallest absolute Gasteiger partial charge is 0.248 e. The first-order valence-electron chi connectivity index (χ1n) is 9.42. The normalized spacial score (nSPS) is 26.1. The van der Waals surface area contributed by atoms with Gasteiger partial charge in [-0.15, -0.1) is 11.3 Å². The topological polar surface area (TPSA) is 42.0 Å². The number of thiophene rings is 1. The van der Waals surface area contributed by atoms with Crippen molar-refractivity contribution in [3.8, 4) is 0 Å². The highest BCUT2D eigenvalue weighted by Gasteiger charge is 2.47. The Balaban J connectivity index is 1.23. The zero-order valence-electron chi connectivity index (χ0n) is 15.0. The van der Waals surface area contributed by atoms with Gasteiger partial charge in [-0.05, 0) is 43.2 Å². The van der Waals surface area contributed by atoms with Crippen molar-refractivity contribution in [3.05, 3.63) is 21.9 Å². The zero-order chi connectivity index (χ0) is 17.3. The first kappa shape index (κ1) is 17.5. The van der Waals surface area contributed by atoms with E-state index in [9.17, 15) is 4.79 Å². The Kier molecular flexibility index (Phi) is 5.13. The Morgan fingerprint density at radius 2 is 2.20 bits per heavy atom. The molecule has 3 aliphatic heterocycles. The molecule has 25 heavy (non-hydrogen) atoms. The van der Waals surface area contributed by atoms with E-state index >= 15 is 0 Å². The number of rotatable bonds is 5. The first-order valence-corrected chi connectivity index (χ1v) is 10.3. The number of carbonyl (C=O) groups is 1. The van der Waals surface area contributed by atoms with Crippen molar-refractivity contribution in [2.45, 2.75) is 50.9 Å². The molecular formula is C19H28N2O3S. The van der Waals surface area contributed by atoms with Crippen molar-refractivity contribution < 1.29 is 14.3 Å². The fraction of sp³-hybridized carbons (Fsp3) is 0.737. The molecule has 0 unspecified atom stereocenters. The lowest BCUT2D eigenvalue weighted by molar-refractivity contribution is -0.200. The summed E-state index contributed by atoms with van der Waals surface area (Å²) in [6.45, 7) is 7.93. The highest BCUT2D eigenvalue weighted by molar-refractivity contribution is 7.10. The van der Waals surface area contributed by atoms with Crippen molar-refractivity contribution >= 4 is 17.2 Å². The lowest BCUT2D eigenvalue weighted by atomic mass is 9.84. The second-order valence-corrected chi connectivity index (χ2v) is 8.72. The minimum atomic E-state index is -0.0508. The third-order valence-electron chi connectivity index (χ3n) is 5.71. The lowest BCUT2D eigenvalue weighted by Crippen LogP contribution is -2.65. The Bertz CT molecular complexity index is 606. The molecule has 1 aromatic rings. The van der Waals surface area contributed by atoms with Gasteiger partial charge in [-0.25, -0.2) is 0 Å². The summed E-state index contributed by atoms with van der Waals surface area (Å²) in [6, 6.07) is 2.19. The molecule has 0 aromatic carbocycles. The van der Waals surface area contributed by atoms with E-state index in [4.69, 9.17) is 9.47 Å². The summed E-state index contributed by atoms with van der Waals surface area (Å²) in [6.07, 6.45) is 4.24. The van der Waals surface area contributed by atoms with E-state index in [2.05, 4.69) is 23.3 Å². The van der Waals surface area contributed by atoms with Crippen LogP contribution in [-0.4, -0.2) is 66.8 Å². The molecule has 1 atom stereocenters. The van der Waals surface area contributed by atoms with Gasteiger partial charge < -0.3 is 14.4 Å². The maximum atomic E-state index is 12.2. The van der Waals surface area contributed by atoms with E-state index in [1.165, 1.54) is 10.4 Å². The van der Waals surface area contributed by atoms with E-state index in [0.29, 0.717) is 0 Å². The van der Waals surface area contributed by atoms with E-state index in [1.54, 1.807) is 0 Å². The quantitative estimate of drug-likeness (QED) is 0.805. The number of amides is 1. The van der Waals surface area contributed by atoms with Crippen molar-refractivity contribution in [3.63, 3.8) is 0 Å². The van der Waals surface area contributed by atoms with Crippen molar-refractivity contribution in [1.29, 1.82) is 0 Å². The molecule has 1 amide bonds. The summed E-state index contributed by atoms with van der Waals surface area (Å²) in [5.41, 5.74) is 1.34. The van der Waals surface area contributed by atoms with Crippen LogP contribution < -0.4 is 0 Å². The predicted octanol–water partition coefficient (Wildman–Crippen LogP) is 2.43. The highest BCUT2D eigenvalue weighted by atomic mass is 32.1. The third-order valence-corrected chi connectivity index (χ3v) is 6.72. The lowest BCUT2D eigenvalue weighted by Gasteiger charge is -2.53. The summed E-state index contributed by atoms with van der Waals surface area (Å²) in [4.78, 5) is 18.0. The van der Waals surface area contributed by atoms with Gasteiger partial charge in [-0.2, -0.15) is 0 Å². The Morgan fingerprint density at radius 3 is 2.92 bits per heavy atom. The van der Waals surface area contributed by atoms with Gasteiger partial charge in [-0.1, -0.05) is 0 Å². The van der Waals surface area contributed by atoms with Crippen LogP contribution in [0.15, 0.2) is 11.4 Å². The average molecular weight is 365 g/mol. The summed E-state index contributed by atoms with van der Waals surface area (Å²) >= 11 is 1.84. The van der Waals surface area contributed by atoms with Gasteiger partial charge >= 0.3 is 0 Å². The molecule has 3 saturated heterocycles. The molecule has 0 saturated carbocycles. The van der Waals surface area contributed by atoms with Gasteiger partial charge in [0, 0.05) is 50.6 Å². The Labute approximate surface area is 153 Å². The monoisotopic (exact) mass is 364 g/mol. The van der Waals surface area contributed by atoms with Crippen LogP contribution in [0.3, 0.4) is 0 Å². The summed E-state index contributed by atoms with van der Waals surface area (Å²) in [5.74, 6) is 0.154. The fourth-order valence-electron chi connectivity index (χ4n) is 4.24. The van der Waals surface area contributed by atoms with Gasteiger partial charge in [-0.3, -0.25) is 9.69 Å². The molecule has 0 aliphatic carbocycles. The number of hydrogen-bond donors (Lipinski definition) is 0. The maximum Gasteiger partial charge on any atom is 0.248 e. The molecule has 0 N–H and O–H groups in total. The standard InChI is InChI=1S/C19H28N2O3S/c1-15-5-9-25-17(15)11-20-13-19(14-20)10-16(4-8-24-19)23-12-18(22)21-6-2-3-7-21/h5,9,16H,2-4,6-8,10-14H2,1H3/t16-/m1/s1. The molecule has 4 rings (SSSR count). The van der Waals surface area contributed by atoms with E-state index < -0.39 is 0 Å². The number of ether oxygens (including phenoxy) is 2. The molecule has 0 bridgehead atoms. The van der Waals surface area contributed by atoms with Crippen LogP contribution in [0.2, 0.25) is 0 Å². The number of hydrogen-bond acceptors (Lipinski definition) is 5. The van der Waals surface area contributed by atoms with Crippen LogP contribution >= 0.6 is 11.3 Å². The predicted molar refractivity (Wildman–Crippen MR) is 97.8 cm³/mol. The Hall–Kier alpha value is -0.950. The van der Waals surface area contributed by atoms with E-state index in [1.807, 2.05) is 16.2 Å². The van der Waals surface area contributed by atoms with Crippen LogP contribution in [0.25, 0.3) is 0 Å². The molecule has 1 spiro atoms. The second-order valence-electron chi connectivity index (χ2n) is 7.72. The van der Waals surface area contributed by atoms with E-state index in [-0.39, 0.29) is 24.2 Å². The number of carbonyl (C=O) groups excluding carboxylic acids is 1. The molecule has 3 fully saturated rings. The summed E-state index contributed by atoms with van der Waals surface area (Å²) in [7, 11) is 0. The molecular weight excluding hydrogens is 336 g/mol. The molecule has 4 heterocycles. The van der Waals surface area contributed by atoms with Crippen LogP contribution in [0.1, 0.15) is 36.1 Å².